The maximum absolute atomic E-state index is 12.8. The van der Waals surface area contributed by atoms with E-state index < -0.39 is 54.3 Å². The Morgan fingerprint density at radius 3 is 2.42 bits per heavy atom. The number of aliphatic carboxylic acids is 1. The lowest BCUT2D eigenvalue weighted by molar-refractivity contribution is -0.142. The number of amides is 4. The van der Waals surface area contributed by atoms with Crippen molar-refractivity contribution in [3.63, 3.8) is 0 Å². The highest BCUT2D eigenvalue weighted by atomic mass is 16.4. The molecule has 33 heavy (non-hydrogen) atoms. The van der Waals surface area contributed by atoms with Gasteiger partial charge in [0.1, 0.15) is 17.8 Å². The Morgan fingerprint density at radius 2 is 1.82 bits per heavy atom. The summed E-state index contributed by atoms with van der Waals surface area (Å²) < 4.78 is 0. The average molecular weight is 463 g/mol. The molecule has 1 fully saturated rings. The van der Waals surface area contributed by atoms with Gasteiger partial charge >= 0.3 is 5.97 Å². The SMILES string of the molecule is NC(=O)CC[C@H](NC(=O)CNC(=O)[C@@H]1CCCN1C(=O)[C@@H](N)Cc1ccc(O)cc1)C(=O)O. The molecule has 8 N–H and O–H groups in total. The van der Waals surface area contributed by atoms with E-state index in [1.165, 1.54) is 17.0 Å². The summed E-state index contributed by atoms with van der Waals surface area (Å²) >= 11 is 0. The van der Waals surface area contributed by atoms with Crippen LogP contribution in [-0.2, 0) is 30.4 Å². The normalized spacial score (nSPS) is 17.1. The molecule has 1 aromatic carbocycles. The number of rotatable bonds is 11. The number of likely N-dealkylation sites (tertiary alicyclic amines) is 1. The number of nitrogens with two attached hydrogens (primary N) is 2. The molecule has 1 saturated heterocycles. The zero-order chi connectivity index (χ0) is 24.5. The number of phenols is 1. The number of phenolic OH excluding ortho intramolecular Hbond substituents is 1. The fourth-order valence-corrected chi connectivity index (χ4v) is 3.56. The maximum atomic E-state index is 12.8. The third-order valence-electron chi connectivity index (χ3n) is 5.28. The number of primary amides is 1. The summed E-state index contributed by atoms with van der Waals surface area (Å²) in [6.45, 7) is -0.141. The molecular formula is C21H29N5O7. The van der Waals surface area contributed by atoms with Gasteiger partial charge in [-0.15, -0.1) is 0 Å². The number of nitrogens with zero attached hydrogens (tertiary/aromatic N) is 1. The lowest BCUT2D eigenvalue weighted by atomic mass is 10.0. The average Bonchev–Trinajstić information content (AvgIpc) is 3.25. The Labute approximate surface area is 190 Å². The van der Waals surface area contributed by atoms with Crippen LogP contribution in [0.1, 0.15) is 31.2 Å². The van der Waals surface area contributed by atoms with Crippen molar-refractivity contribution in [3.05, 3.63) is 29.8 Å². The van der Waals surface area contributed by atoms with Crippen LogP contribution >= 0.6 is 0 Å². The Bertz CT molecular complexity index is 889. The highest BCUT2D eigenvalue weighted by Gasteiger charge is 2.36. The molecule has 12 nitrogen and oxygen atoms in total. The van der Waals surface area contributed by atoms with Crippen molar-refractivity contribution in [1.29, 1.82) is 0 Å². The first kappa shape index (κ1) is 25.6. The molecule has 12 heteroatoms. The van der Waals surface area contributed by atoms with Gasteiger partial charge < -0.3 is 37.2 Å². The predicted octanol–water partition coefficient (Wildman–Crippen LogP) is -1.80. The minimum absolute atomic E-state index is 0.0986. The van der Waals surface area contributed by atoms with Crippen LogP contribution in [0.4, 0.5) is 0 Å². The van der Waals surface area contributed by atoms with E-state index in [4.69, 9.17) is 16.6 Å². The highest BCUT2D eigenvalue weighted by molar-refractivity contribution is 5.93. The molecule has 0 bridgehead atoms. The number of hydrogen-bond acceptors (Lipinski definition) is 7. The molecular weight excluding hydrogens is 434 g/mol. The molecule has 3 atom stereocenters. The monoisotopic (exact) mass is 463 g/mol. The van der Waals surface area contributed by atoms with Crippen molar-refractivity contribution in [3.8, 4) is 5.75 Å². The maximum Gasteiger partial charge on any atom is 0.326 e. The first-order valence-corrected chi connectivity index (χ1v) is 10.5. The van der Waals surface area contributed by atoms with Crippen molar-refractivity contribution >= 4 is 29.6 Å². The van der Waals surface area contributed by atoms with Gasteiger partial charge in [0.25, 0.3) is 0 Å². The van der Waals surface area contributed by atoms with E-state index in [0.717, 1.165) is 5.56 Å². The summed E-state index contributed by atoms with van der Waals surface area (Å²) in [7, 11) is 0. The number of aromatic hydroxyl groups is 1. The van der Waals surface area contributed by atoms with E-state index in [2.05, 4.69) is 10.6 Å². The van der Waals surface area contributed by atoms with Crippen LogP contribution in [0.2, 0.25) is 0 Å². The summed E-state index contributed by atoms with van der Waals surface area (Å²) in [5.74, 6) is -3.62. The van der Waals surface area contributed by atoms with Crippen molar-refractivity contribution in [2.75, 3.05) is 13.1 Å². The van der Waals surface area contributed by atoms with Gasteiger partial charge in [-0.2, -0.15) is 0 Å². The summed E-state index contributed by atoms with van der Waals surface area (Å²) in [6, 6.07) is 3.31. The second-order valence-electron chi connectivity index (χ2n) is 7.85. The summed E-state index contributed by atoms with van der Waals surface area (Å²) in [6.07, 6.45) is 0.840. The van der Waals surface area contributed by atoms with Gasteiger partial charge in [-0.05, 0) is 43.4 Å². The van der Waals surface area contributed by atoms with Crippen LogP contribution < -0.4 is 22.1 Å². The number of carboxylic acid groups (broad SMARTS) is 1. The summed E-state index contributed by atoms with van der Waals surface area (Å²) in [5.41, 5.74) is 11.8. The van der Waals surface area contributed by atoms with Crippen molar-refractivity contribution in [1.82, 2.24) is 15.5 Å². The van der Waals surface area contributed by atoms with E-state index in [0.29, 0.717) is 19.4 Å². The minimum Gasteiger partial charge on any atom is -0.508 e. The van der Waals surface area contributed by atoms with Crippen LogP contribution in [0, 0.1) is 0 Å². The number of carbonyl (C=O) groups excluding carboxylic acids is 4. The topological polar surface area (TPSA) is 205 Å². The Hall–Kier alpha value is -3.67. The molecule has 1 aliphatic heterocycles. The van der Waals surface area contributed by atoms with Crippen molar-refractivity contribution in [2.24, 2.45) is 11.5 Å². The molecule has 0 unspecified atom stereocenters. The number of nitrogens with one attached hydrogen (secondary N) is 2. The van der Waals surface area contributed by atoms with E-state index in [1.54, 1.807) is 12.1 Å². The van der Waals surface area contributed by atoms with Crippen LogP contribution in [0.15, 0.2) is 24.3 Å². The smallest absolute Gasteiger partial charge is 0.326 e. The zero-order valence-corrected chi connectivity index (χ0v) is 18.0. The predicted molar refractivity (Wildman–Crippen MR) is 116 cm³/mol. The third-order valence-corrected chi connectivity index (χ3v) is 5.28. The molecule has 0 radical (unpaired) electrons. The van der Waals surface area contributed by atoms with Gasteiger partial charge in [-0.3, -0.25) is 19.2 Å². The van der Waals surface area contributed by atoms with Gasteiger partial charge in [-0.25, -0.2) is 4.79 Å². The molecule has 2 rings (SSSR count). The minimum atomic E-state index is -1.33. The van der Waals surface area contributed by atoms with Gasteiger partial charge in [0.2, 0.25) is 23.6 Å². The lowest BCUT2D eigenvalue weighted by Gasteiger charge is -2.26. The molecule has 1 aliphatic rings. The number of hydrogen-bond donors (Lipinski definition) is 6. The molecule has 0 aliphatic carbocycles. The largest absolute Gasteiger partial charge is 0.508 e. The Balaban J connectivity index is 1.88. The van der Waals surface area contributed by atoms with E-state index >= 15 is 0 Å². The van der Waals surface area contributed by atoms with Gasteiger partial charge in [0, 0.05) is 13.0 Å². The lowest BCUT2D eigenvalue weighted by Crippen LogP contribution is -2.53. The molecule has 0 spiro atoms. The van der Waals surface area contributed by atoms with Gasteiger partial charge in [-0.1, -0.05) is 12.1 Å². The van der Waals surface area contributed by atoms with Crippen molar-refractivity contribution in [2.45, 2.75) is 50.2 Å². The third kappa shape index (κ3) is 7.75. The van der Waals surface area contributed by atoms with E-state index in [-0.39, 0.29) is 25.0 Å². The molecule has 4 amide bonds. The number of carboxylic acids is 1. The fourth-order valence-electron chi connectivity index (χ4n) is 3.56. The van der Waals surface area contributed by atoms with Gasteiger partial charge in [0.15, 0.2) is 0 Å². The van der Waals surface area contributed by atoms with Crippen LogP contribution in [-0.4, -0.2) is 75.9 Å². The molecule has 1 heterocycles. The molecule has 1 aromatic rings. The molecule has 0 saturated carbocycles. The first-order valence-electron chi connectivity index (χ1n) is 10.5. The Kier molecular flexibility index (Phi) is 9.16. The standard InChI is InChI=1S/C21H29N5O7/c22-14(10-12-3-5-13(27)6-4-12)20(31)26-9-1-2-16(26)19(30)24-11-18(29)25-15(21(32)33)7-8-17(23)28/h3-6,14-16,27H,1-2,7-11,22H2,(H2,23,28)(H,24,30)(H,25,29)(H,32,33)/t14-,15-,16-/m0/s1. The fraction of sp³-hybridized carbons (Fsp3) is 0.476. The molecule has 0 aromatic heterocycles. The second kappa shape index (κ2) is 11.8. The van der Waals surface area contributed by atoms with Crippen molar-refractivity contribution < 1.29 is 34.2 Å². The quantitative estimate of drug-likeness (QED) is 0.220. The van der Waals surface area contributed by atoms with Gasteiger partial charge in [0.05, 0.1) is 12.6 Å². The van der Waals surface area contributed by atoms with E-state index in [1.807, 2.05) is 0 Å². The first-order chi connectivity index (χ1) is 15.6. The van der Waals surface area contributed by atoms with Crippen LogP contribution in [0.3, 0.4) is 0 Å². The number of benzene rings is 1. The number of carbonyl (C=O) groups is 5. The second-order valence-corrected chi connectivity index (χ2v) is 7.85. The summed E-state index contributed by atoms with van der Waals surface area (Å²) in [5, 5.41) is 23.1. The Morgan fingerprint density at radius 1 is 1.15 bits per heavy atom. The summed E-state index contributed by atoms with van der Waals surface area (Å²) in [4.78, 5) is 60.9. The van der Waals surface area contributed by atoms with E-state index in [9.17, 15) is 29.1 Å². The van der Waals surface area contributed by atoms with Crippen LogP contribution in [0.5, 0.6) is 5.75 Å². The zero-order valence-electron chi connectivity index (χ0n) is 18.0. The molecule has 180 valence electrons. The van der Waals surface area contributed by atoms with Crippen LogP contribution in [0.25, 0.3) is 0 Å². The highest BCUT2D eigenvalue weighted by Crippen LogP contribution is 2.19.